The van der Waals surface area contributed by atoms with Gasteiger partial charge in [-0.2, -0.15) is 4.98 Å². The van der Waals surface area contributed by atoms with E-state index in [9.17, 15) is 9.90 Å². The fourth-order valence-corrected chi connectivity index (χ4v) is 5.16. The molecule has 3 N–H and O–H groups in total. The summed E-state index contributed by atoms with van der Waals surface area (Å²) in [4.78, 5) is 24.6. The number of rotatable bonds is 7. The zero-order chi connectivity index (χ0) is 22.9. The summed E-state index contributed by atoms with van der Waals surface area (Å²) in [6, 6.07) is 5.66. The lowest BCUT2D eigenvalue weighted by atomic mass is 9.93. The van der Waals surface area contributed by atoms with E-state index >= 15 is 0 Å². The van der Waals surface area contributed by atoms with Crippen LogP contribution in [0.4, 0.5) is 11.8 Å². The lowest BCUT2D eigenvalue weighted by Gasteiger charge is -2.26. The van der Waals surface area contributed by atoms with Gasteiger partial charge in [-0.15, -0.1) is 0 Å². The fraction of sp³-hybridized carbons (Fsp3) is 0.542. The molecule has 1 aromatic heterocycles. The topological polar surface area (TPSA) is 99.6 Å². The Bertz CT molecular complexity index is 1020. The number of fused-ring (bicyclic) bond motifs is 1. The first-order valence-corrected chi connectivity index (χ1v) is 12.0. The van der Waals surface area contributed by atoms with E-state index in [-0.39, 0.29) is 18.1 Å². The molecule has 1 amide bonds. The van der Waals surface area contributed by atoms with E-state index < -0.39 is 0 Å². The molecule has 1 saturated heterocycles. The molecule has 2 atom stereocenters. The van der Waals surface area contributed by atoms with Crippen molar-refractivity contribution in [2.24, 2.45) is 11.8 Å². The van der Waals surface area contributed by atoms with Crippen LogP contribution in [0.5, 0.6) is 5.75 Å². The first-order valence-electron chi connectivity index (χ1n) is 11.7. The Hall–Kier alpha value is -2.58. The predicted octanol–water partition coefficient (Wildman–Crippen LogP) is 3.24. The molecule has 0 radical (unpaired) electrons. The Morgan fingerprint density at radius 3 is 2.70 bits per heavy atom. The van der Waals surface area contributed by atoms with Crippen molar-refractivity contribution < 1.29 is 14.6 Å². The Balaban J connectivity index is 1.34. The van der Waals surface area contributed by atoms with Crippen LogP contribution in [0.1, 0.15) is 48.0 Å². The molecule has 2 saturated carbocycles. The highest BCUT2D eigenvalue weighted by atomic mass is 35.5. The predicted molar refractivity (Wildman–Crippen MR) is 127 cm³/mol. The van der Waals surface area contributed by atoms with Gasteiger partial charge in [0.05, 0.1) is 18.2 Å². The second-order valence-corrected chi connectivity index (χ2v) is 9.80. The number of aromatic nitrogens is 2. The van der Waals surface area contributed by atoms with Gasteiger partial charge in [0.25, 0.3) is 5.91 Å². The molecule has 9 heteroatoms. The molecule has 1 aromatic carbocycles. The standard InChI is InChI=1S/C24H30ClN5O3/c1-33-21-7-2-14(8-20(21)25)10-26-22-19(23(32)28-17-3-5-18(31)6-4-17)11-27-24(29-22)30-12-15-9-16(15)13-30/h2,7-8,11,15-18,31H,3-6,9-10,12-13H2,1H3,(H,28,32)(H,26,27,29). The van der Waals surface area contributed by atoms with E-state index in [1.165, 1.54) is 6.42 Å². The van der Waals surface area contributed by atoms with Crippen LogP contribution in [0.2, 0.25) is 5.02 Å². The number of aliphatic hydroxyl groups excluding tert-OH is 1. The van der Waals surface area contributed by atoms with Gasteiger partial charge in [-0.05, 0) is 61.6 Å². The maximum Gasteiger partial charge on any atom is 0.256 e. The van der Waals surface area contributed by atoms with Gasteiger partial charge in [0, 0.05) is 31.9 Å². The van der Waals surface area contributed by atoms with Crippen molar-refractivity contribution in [1.82, 2.24) is 15.3 Å². The van der Waals surface area contributed by atoms with Crippen molar-refractivity contribution >= 4 is 29.3 Å². The highest BCUT2D eigenvalue weighted by Gasteiger charge is 2.46. The molecule has 2 aromatic rings. The minimum atomic E-state index is -0.263. The van der Waals surface area contributed by atoms with Crippen LogP contribution in [-0.4, -0.2) is 53.3 Å². The number of piperidine rings is 1. The Morgan fingerprint density at radius 2 is 2.00 bits per heavy atom. The maximum absolute atomic E-state index is 13.1. The highest BCUT2D eigenvalue weighted by molar-refractivity contribution is 6.32. The second kappa shape index (κ2) is 9.35. The molecule has 3 aliphatic rings. The number of hydrogen-bond acceptors (Lipinski definition) is 7. The molecule has 0 spiro atoms. The molecular formula is C24H30ClN5O3. The number of aliphatic hydroxyl groups is 1. The smallest absolute Gasteiger partial charge is 0.256 e. The third-order valence-corrected chi connectivity index (χ3v) is 7.29. The molecule has 2 unspecified atom stereocenters. The average Bonchev–Trinajstić information content (AvgIpc) is 3.43. The van der Waals surface area contributed by atoms with Gasteiger partial charge in [0.1, 0.15) is 17.1 Å². The first-order chi connectivity index (χ1) is 16.0. The van der Waals surface area contributed by atoms with E-state index in [0.717, 1.165) is 43.3 Å². The summed E-state index contributed by atoms with van der Waals surface area (Å²) >= 11 is 6.27. The largest absolute Gasteiger partial charge is 0.495 e. The van der Waals surface area contributed by atoms with Crippen LogP contribution in [0.3, 0.4) is 0 Å². The summed E-state index contributed by atoms with van der Waals surface area (Å²) in [5.74, 6) is 3.13. The third-order valence-electron chi connectivity index (χ3n) is 6.99. The number of carbonyl (C=O) groups excluding carboxylic acids is 1. The van der Waals surface area contributed by atoms with E-state index in [1.54, 1.807) is 13.3 Å². The van der Waals surface area contributed by atoms with Crippen LogP contribution < -0.4 is 20.3 Å². The molecule has 2 heterocycles. The third kappa shape index (κ3) is 5.01. The van der Waals surface area contributed by atoms with Crippen molar-refractivity contribution in [3.8, 4) is 5.75 Å². The Morgan fingerprint density at radius 1 is 1.24 bits per heavy atom. The van der Waals surface area contributed by atoms with Crippen molar-refractivity contribution in [3.05, 3.63) is 40.5 Å². The SMILES string of the molecule is COc1ccc(CNc2nc(N3CC4CC4C3)ncc2C(=O)NC2CCC(O)CC2)cc1Cl. The number of nitrogens with one attached hydrogen (secondary N) is 2. The number of carbonyl (C=O) groups is 1. The average molecular weight is 472 g/mol. The van der Waals surface area contributed by atoms with Gasteiger partial charge >= 0.3 is 0 Å². The Kier molecular flexibility index (Phi) is 6.29. The molecule has 1 aliphatic heterocycles. The lowest BCUT2D eigenvalue weighted by Crippen LogP contribution is -2.39. The zero-order valence-electron chi connectivity index (χ0n) is 18.8. The Labute approximate surface area is 198 Å². The normalized spacial score (nSPS) is 26.0. The summed E-state index contributed by atoms with van der Waals surface area (Å²) in [5, 5.41) is 16.7. The molecular weight excluding hydrogens is 442 g/mol. The number of ether oxygens (including phenoxy) is 1. The molecule has 176 valence electrons. The number of anilines is 2. The quantitative estimate of drug-likeness (QED) is 0.570. The van der Waals surface area contributed by atoms with Crippen LogP contribution >= 0.6 is 11.6 Å². The number of halogens is 1. The van der Waals surface area contributed by atoms with Gasteiger partial charge in [0.2, 0.25) is 5.95 Å². The summed E-state index contributed by atoms with van der Waals surface area (Å²) in [5.41, 5.74) is 1.38. The van der Waals surface area contributed by atoms with Crippen LogP contribution in [0, 0.1) is 11.8 Å². The number of methoxy groups -OCH3 is 1. The van der Waals surface area contributed by atoms with E-state index in [1.807, 2.05) is 18.2 Å². The minimum Gasteiger partial charge on any atom is -0.495 e. The zero-order valence-corrected chi connectivity index (χ0v) is 19.5. The van der Waals surface area contributed by atoms with Crippen molar-refractivity contribution in [3.63, 3.8) is 0 Å². The maximum atomic E-state index is 13.1. The number of hydrogen-bond donors (Lipinski definition) is 3. The van der Waals surface area contributed by atoms with Crippen LogP contribution in [-0.2, 0) is 6.54 Å². The van der Waals surface area contributed by atoms with E-state index in [0.29, 0.717) is 47.5 Å². The molecule has 3 fully saturated rings. The number of nitrogens with zero attached hydrogens (tertiary/aromatic N) is 3. The number of amides is 1. The molecule has 5 rings (SSSR count). The number of benzene rings is 1. The monoisotopic (exact) mass is 471 g/mol. The minimum absolute atomic E-state index is 0.0551. The van der Waals surface area contributed by atoms with Gasteiger partial charge in [-0.1, -0.05) is 17.7 Å². The van der Waals surface area contributed by atoms with Gasteiger partial charge in [0.15, 0.2) is 0 Å². The fourth-order valence-electron chi connectivity index (χ4n) is 4.88. The second-order valence-electron chi connectivity index (χ2n) is 9.39. The summed E-state index contributed by atoms with van der Waals surface area (Å²) < 4.78 is 5.23. The van der Waals surface area contributed by atoms with Gasteiger partial charge in [-0.25, -0.2) is 4.98 Å². The van der Waals surface area contributed by atoms with Crippen molar-refractivity contribution in [2.45, 2.75) is 50.8 Å². The molecule has 0 bridgehead atoms. The summed E-state index contributed by atoms with van der Waals surface area (Å²) in [6.07, 6.45) is 5.63. The summed E-state index contributed by atoms with van der Waals surface area (Å²) in [6.45, 7) is 2.42. The van der Waals surface area contributed by atoms with Crippen molar-refractivity contribution in [2.75, 3.05) is 30.4 Å². The summed E-state index contributed by atoms with van der Waals surface area (Å²) in [7, 11) is 1.59. The molecule has 33 heavy (non-hydrogen) atoms. The van der Waals surface area contributed by atoms with Crippen LogP contribution in [0.15, 0.2) is 24.4 Å². The van der Waals surface area contributed by atoms with E-state index in [4.69, 9.17) is 21.3 Å². The molecule has 2 aliphatic carbocycles. The first kappa shape index (κ1) is 22.2. The van der Waals surface area contributed by atoms with Crippen LogP contribution in [0.25, 0.3) is 0 Å². The van der Waals surface area contributed by atoms with Gasteiger partial charge < -0.3 is 25.4 Å². The molecule has 8 nitrogen and oxygen atoms in total. The van der Waals surface area contributed by atoms with Gasteiger partial charge in [-0.3, -0.25) is 4.79 Å². The lowest BCUT2D eigenvalue weighted by molar-refractivity contribution is 0.0867. The van der Waals surface area contributed by atoms with E-state index in [2.05, 4.69) is 20.5 Å². The van der Waals surface area contributed by atoms with Crippen molar-refractivity contribution in [1.29, 1.82) is 0 Å². The highest BCUT2D eigenvalue weighted by Crippen LogP contribution is 2.45.